The van der Waals surface area contributed by atoms with Crippen molar-refractivity contribution in [2.75, 3.05) is 19.8 Å². The summed E-state index contributed by atoms with van der Waals surface area (Å²) < 4.78 is 22.3. The molecule has 38 heavy (non-hydrogen) atoms. The van der Waals surface area contributed by atoms with E-state index in [-0.39, 0.29) is 19.6 Å². The fraction of sp³-hybridized carbons (Fsp3) is 0.909. The number of aliphatic carboxylic acids is 1. The Morgan fingerprint density at radius 1 is 1.29 bits per heavy atom. The van der Waals surface area contributed by atoms with Crippen molar-refractivity contribution >= 4 is 11.9 Å². The van der Waals surface area contributed by atoms with Crippen LogP contribution in [0.15, 0.2) is 5.11 Å². The first kappa shape index (κ1) is 32.1. The van der Waals surface area contributed by atoms with Gasteiger partial charge < -0.3 is 59.7 Å². The quantitative estimate of drug-likeness (QED) is 0.0583. The summed E-state index contributed by atoms with van der Waals surface area (Å²) in [4.78, 5) is 26.5. The lowest BCUT2D eigenvalue weighted by Gasteiger charge is -2.49. The minimum atomic E-state index is -2.67. The molecule has 2 fully saturated rings. The van der Waals surface area contributed by atoms with E-state index in [4.69, 9.17) is 24.5 Å². The van der Waals surface area contributed by atoms with E-state index >= 15 is 0 Å². The van der Waals surface area contributed by atoms with Gasteiger partial charge >= 0.3 is 0 Å². The molecule has 11 atom stereocenters. The minimum Gasteiger partial charge on any atom is -0.544 e. The third kappa shape index (κ3) is 7.72. The van der Waals surface area contributed by atoms with Gasteiger partial charge in [0.1, 0.15) is 30.4 Å². The Morgan fingerprint density at radius 3 is 2.55 bits per heavy atom. The Morgan fingerprint density at radius 2 is 1.97 bits per heavy atom. The summed E-state index contributed by atoms with van der Waals surface area (Å²) in [6.07, 6.45) is -11.9. The number of amides is 1. The molecule has 0 saturated carbocycles. The molecule has 6 N–H and O–H groups in total. The number of azide groups is 1. The van der Waals surface area contributed by atoms with E-state index in [9.17, 15) is 40.2 Å². The van der Waals surface area contributed by atoms with Crippen LogP contribution in [0.5, 0.6) is 0 Å². The van der Waals surface area contributed by atoms with Crippen LogP contribution in [0.1, 0.15) is 40.0 Å². The maximum Gasteiger partial charge on any atom is 0.217 e. The summed E-state index contributed by atoms with van der Waals surface area (Å²) in [7, 11) is 0. The number of aliphatic hydroxyl groups is 5. The van der Waals surface area contributed by atoms with Gasteiger partial charge in [-0.2, -0.15) is 0 Å². The number of aliphatic hydroxyl groups excluding tert-OH is 5. The first-order chi connectivity index (χ1) is 17.9. The summed E-state index contributed by atoms with van der Waals surface area (Å²) in [5, 5.41) is 70.4. The fourth-order valence-corrected chi connectivity index (χ4v) is 4.40. The second-order valence-electron chi connectivity index (χ2n) is 9.46. The van der Waals surface area contributed by atoms with Crippen LogP contribution in [-0.4, -0.2) is 118 Å². The highest BCUT2D eigenvalue weighted by Crippen LogP contribution is 2.35. The van der Waals surface area contributed by atoms with E-state index in [1.807, 2.05) is 0 Å². The molecule has 0 aromatic rings. The van der Waals surface area contributed by atoms with Crippen molar-refractivity contribution in [3.8, 4) is 0 Å². The molecule has 1 amide bonds. The van der Waals surface area contributed by atoms with Gasteiger partial charge in [0.05, 0.1) is 31.0 Å². The third-order valence-corrected chi connectivity index (χ3v) is 6.64. The van der Waals surface area contributed by atoms with Gasteiger partial charge in [-0.3, -0.25) is 4.79 Å². The lowest BCUT2D eigenvalue weighted by molar-refractivity contribution is -0.387. The molecule has 16 heteroatoms. The molecule has 0 aromatic heterocycles. The second kappa shape index (κ2) is 14.3. The topological polar surface area (TPSA) is 256 Å². The molecule has 2 saturated heterocycles. The van der Waals surface area contributed by atoms with Gasteiger partial charge in [0, 0.05) is 37.3 Å². The molecule has 0 spiro atoms. The van der Waals surface area contributed by atoms with E-state index in [0.717, 1.165) is 6.92 Å². The highest BCUT2D eigenvalue weighted by atomic mass is 16.7. The highest BCUT2D eigenvalue weighted by Gasteiger charge is 2.53. The summed E-state index contributed by atoms with van der Waals surface area (Å²) in [6.45, 7) is 3.86. The van der Waals surface area contributed by atoms with Crippen LogP contribution in [0, 0.1) is 5.92 Å². The van der Waals surface area contributed by atoms with Gasteiger partial charge in [-0.15, -0.1) is 0 Å². The van der Waals surface area contributed by atoms with Crippen molar-refractivity contribution in [1.82, 2.24) is 5.32 Å². The normalized spacial score (nSPS) is 37.1. The summed E-state index contributed by atoms with van der Waals surface area (Å²) in [6, 6.07) is -1.29. The maximum absolute atomic E-state index is 12.2. The lowest BCUT2D eigenvalue weighted by Crippen LogP contribution is -2.70. The smallest absolute Gasteiger partial charge is 0.217 e. The molecule has 218 valence electrons. The van der Waals surface area contributed by atoms with Crippen LogP contribution in [0.25, 0.3) is 10.4 Å². The first-order valence-electron chi connectivity index (χ1n) is 12.4. The summed E-state index contributed by atoms with van der Waals surface area (Å²) in [5.74, 6) is -5.88. The molecule has 3 unspecified atom stereocenters. The SMILES string of the molecule is CC[C@@H](O)[C@@H](O)C1O[C@@](OCC2O[C@H](OCCCN=[N+]=[N-])C(C)[C@@H](O)[C@H]2O)(C(=O)[O-])C[C@@H](O)[C@H]1NC(C)=O. The van der Waals surface area contributed by atoms with Crippen molar-refractivity contribution < 1.29 is 59.2 Å². The monoisotopic (exact) mass is 549 g/mol. The molecular weight excluding hydrogens is 512 g/mol. The Hall–Kier alpha value is -2.11. The van der Waals surface area contributed by atoms with Gasteiger partial charge in [-0.05, 0) is 18.4 Å². The fourth-order valence-electron chi connectivity index (χ4n) is 4.40. The molecule has 2 aliphatic heterocycles. The van der Waals surface area contributed by atoms with Crippen molar-refractivity contribution in [1.29, 1.82) is 0 Å². The van der Waals surface area contributed by atoms with E-state index in [0.29, 0.717) is 6.42 Å². The Labute approximate surface area is 219 Å². The average Bonchev–Trinajstić information content (AvgIpc) is 2.87. The molecule has 0 aliphatic carbocycles. The van der Waals surface area contributed by atoms with E-state index in [1.54, 1.807) is 13.8 Å². The Bertz CT molecular complexity index is 845. The second-order valence-corrected chi connectivity index (χ2v) is 9.46. The number of hydrogen-bond donors (Lipinski definition) is 6. The van der Waals surface area contributed by atoms with Gasteiger partial charge in [-0.1, -0.05) is 19.0 Å². The predicted octanol–water partition coefficient (Wildman–Crippen LogP) is -2.96. The molecule has 2 aliphatic rings. The number of carboxylic acid groups (broad SMARTS) is 1. The van der Waals surface area contributed by atoms with Crippen LogP contribution in [-0.2, 0) is 28.5 Å². The third-order valence-electron chi connectivity index (χ3n) is 6.64. The van der Waals surface area contributed by atoms with Crippen LogP contribution in [0.4, 0.5) is 0 Å². The van der Waals surface area contributed by atoms with Gasteiger partial charge in [0.2, 0.25) is 11.7 Å². The average molecular weight is 550 g/mol. The molecule has 0 aromatic carbocycles. The molecule has 2 rings (SSSR count). The number of rotatable bonds is 13. The first-order valence-corrected chi connectivity index (χ1v) is 12.4. The van der Waals surface area contributed by atoms with Crippen LogP contribution >= 0.6 is 0 Å². The number of carboxylic acids is 1. The number of nitrogens with one attached hydrogen (secondary N) is 1. The largest absolute Gasteiger partial charge is 0.544 e. The van der Waals surface area contributed by atoms with Crippen molar-refractivity contribution in [3.05, 3.63) is 10.4 Å². The van der Waals surface area contributed by atoms with E-state index in [1.165, 1.54) is 0 Å². The number of carbonyl (C=O) groups excluding carboxylic acids is 2. The standard InChI is InChI=1S/C22H38N4O12/c1-4-12(28)17(31)19-15(25-11(3)27)13(29)8-22(38-19,21(33)34)36-9-14-18(32)16(30)10(2)20(37-14)35-7-5-6-24-26-23/h10,12-20,28-32H,4-9H2,1-3H3,(H,25,27)(H,33,34)/p-1/t10?,12-,13-,14?,15-,16-,17-,18+,19?,20+,22-/m1/s1. The van der Waals surface area contributed by atoms with Gasteiger partial charge in [0.15, 0.2) is 6.29 Å². The molecule has 0 radical (unpaired) electrons. The summed E-state index contributed by atoms with van der Waals surface area (Å²) in [5.41, 5.74) is 8.34. The highest BCUT2D eigenvalue weighted by molar-refractivity contribution is 5.75. The number of hydrogen-bond acceptors (Lipinski definition) is 13. The van der Waals surface area contributed by atoms with Crippen molar-refractivity contribution in [2.24, 2.45) is 11.0 Å². The molecule has 16 nitrogen and oxygen atoms in total. The lowest BCUT2D eigenvalue weighted by atomic mass is 9.88. The van der Waals surface area contributed by atoms with Crippen molar-refractivity contribution in [3.63, 3.8) is 0 Å². The molecular formula is C22H37N4O12-. The summed E-state index contributed by atoms with van der Waals surface area (Å²) >= 11 is 0. The molecule has 2 heterocycles. The van der Waals surface area contributed by atoms with Crippen LogP contribution in [0.2, 0.25) is 0 Å². The molecule has 0 bridgehead atoms. The minimum absolute atomic E-state index is 0.0471. The zero-order chi connectivity index (χ0) is 28.6. The van der Waals surface area contributed by atoms with Crippen LogP contribution < -0.4 is 10.4 Å². The van der Waals surface area contributed by atoms with E-state index < -0.39 is 91.7 Å². The number of carbonyl (C=O) groups is 2. The van der Waals surface area contributed by atoms with Crippen LogP contribution in [0.3, 0.4) is 0 Å². The zero-order valence-corrected chi connectivity index (χ0v) is 21.5. The Balaban J connectivity index is 2.21. The van der Waals surface area contributed by atoms with Crippen molar-refractivity contribution in [2.45, 2.75) is 101 Å². The number of ether oxygens (including phenoxy) is 4. The maximum atomic E-state index is 12.2. The zero-order valence-electron chi connectivity index (χ0n) is 21.5. The van der Waals surface area contributed by atoms with Gasteiger partial charge in [0.25, 0.3) is 0 Å². The predicted molar refractivity (Wildman–Crippen MR) is 124 cm³/mol. The van der Waals surface area contributed by atoms with Gasteiger partial charge in [-0.25, -0.2) is 0 Å². The number of nitrogens with zero attached hydrogens (tertiary/aromatic N) is 3. The Kier molecular flexibility index (Phi) is 12.1. The van der Waals surface area contributed by atoms with E-state index in [2.05, 4.69) is 15.3 Å².